The number of allylic oxidation sites excluding steroid dienone is 3. The number of carbonyl (C=O) groups excluding carboxylic acids is 1. The van der Waals surface area contributed by atoms with Gasteiger partial charge in [0, 0.05) is 12.5 Å². The number of amides is 1. The van der Waals surface area contributed by atoms with Crippen LogP contribution in [0.1, 0.15) is 40.0 Å². The van der Waals surface area contributed by atoms with Crippen molar-refractivity contribution in [3.05, 3.63) is 34.5 Å². The number of hydrogen-bond donors (Lipinski definition) is 1. The van der Waals surface area contributed by atoms with E-state index in [4.69, 9.17) is 21.1 Å². The molecule has 0 aromatic carbocycles. The molecular formula is C16H23BrClNO3. The van der Waals surface area contributed by atoms with Crippen molar-refractivity contribution < 1.29 is 14.3 Å². The van der Waals surface area contributed by atoms with E-state index in [1.165, 1.54) is 0 Å². The molecule has 1 fully saturated rings. The summed E-state index contributed by atoms with van der Waals surface area (Å²) in [6, 6.07) is 0.0344. The van der Waals surface area contributed by atoms with Gasteiger partial charge in [0.2, 0.25) is 0 Å². The molecule has 0 aromatic heterocycles. The highest BCUT2D eigenvalue weighted by molar-refractivity contribution is 9.11. The van der Waals surface area contributed by atoms with Crippen LogP contribution in [0.2, 0.25) is 0 Å². The van der Waals surface area contributed by atoms with Crippen molar-refractivity contribution >= 4 is 33.6 Å². The van der Waals surface area contributed by atoms with E-state index in [1.54, 1.807) is 6.08 Å². The van der Waals surface area contributed by atoms with Gasteiger partial charge in [0.1, 0.15) is 11.7 Å². The van der Waals surface area contributed by atoms with Crippen LogP contribution in [-0.4, -0.2) is 23.8 Å². The number of alkyl carbamates (subject to hydrolysis) is 1. The molecule has 0 radical (unpaired) electrons. The van der Waals surface area contributed by atoms with Crippen LogP contribution in [0.25, 0.3) is 0 Å². The lowest BCUT2D eigenvalue weighted by Crippen LogP contribution is -2.38. The Bertz CT molecular complexity index is 482. The molecule has 0 heterocycles. The zero-order valence-corrected chi connectivity index (χ0v) is 15.6. The molecule has 1 amide bonds. The first-order valence-corrected chi connectivity index (χ1v) is 8.32. The summed E-state index contributed by atoms with van der Waals surface area (Å²) in [4.78, 5) is 11.8. The molecule has 1 aliphatic rings. The number of rotatable bonds is 5. The lowest BCUT2D eigenvalue weighted by molar-refractivity contribution is 0.0500. The van der Waals surface area contributed by atoms with Gasteiger partial charge in [-0.05, 0) is 49.5 Å². The molecule has 2 unspecified atom stereocenters. The smallest absolute Gasteiger partial charge is 0.407 e. The molecule has 0 aromatic rings. The molecule has 22 heavy (non-hydrogen) atoms. The van der Waals surface area contributed by atoms with Crippen LogP contribution in [0.3, 0.4) is 0 Å². The average Bonchev–Trinajstić information content (AvgIpc) is 2.79. The van der Waals surface area contributed by atoms with Crippen LogP contribution in [0.4, 0.5) is 4.79 Å². The molecule has 124 valence electrons. The third-order valence-electron chi connectivity index (χ3n) is 3.03. The fourth-order valence-corrected chi connectivity index (χ4v) is 2.75. The maximum absolute atomic E-state index is 11.8. The maximum atomic E-state index is 11.8. The SMILES string of the molecule is C=C/C(Br)=C(/OC1CCC(NC(=O)OC(C)(C)C)C1)C(=C)Cl. The maximum Gasteiger partial charge on any atom is 0.407 e. The first-order chi connectivity index (χ1) is 10.1. The van der Waals surface area contributed by atoms with E-state index in [0.29, 0.717) is 21.7 Å². The van der Waals surface area contributed by atoms with Gasteiger partial charge >= 0.3 is 6.09 Å². The molecule has 1 rings (SSSR count). The van der Waals surface area contributed by atoms with Gasteiger partial charge in [-0.2, -0.15) is 0 Å². The Hall–Kier alpha value is -0.940. The van der Waals surface area contributed by atoms with E-state index in [0.717, 1.165) is 12.8 Å². The first kappa shape index (κ1) is 19.1. The van der Waals surface area contributed by atoms with Crippen molar-refractivity contribution in [1.29, 1.82) is 0 Å². The first-order valence-electron chi connectivity index (χ1n) is 7.15. The van der Waals surface area contributed by atoms with E-state index in [-0.39, 0.29) is 12.1 Å². The zero-order valence-electron chi connectivity index (χ0n) is 13.2. The normalized spacial score (nSPS) is 22.6. The quantitative estimate of drug-likeness (QED) is 0.529. The molecule has 0 spiro atoms. The monoisotopic (exact) mass is 391 g/mol. The third kappa shape index (κ3) is 6.44. The highest BCUT2D eigenvalue weighted by atomic mass is 79.9. The summed E-state index contributed by atoms with van der Waals surface area (Å²) >= 11 is 9.29. The summed E-state index contributed by atoms with van der Waals surface area (Å²) < 4.78 is 11.8. The summed E-state index contributed by atoms with van der Waals surface area (Å²) in [7, 11) is 0. The number of halogens is 2. The van der Waals surface area contributed by atoms with E-state index in [2.05, 4.69) is 34.4 Å². The van der Waals surface area contributed by atoms with Crippen LogP contribution in [0.5, 0.6) is 0 Å². The molecule has 6 heteroatoms. The summed E-state index contributed by atoms with van der Waals surface area (Å²) in [5.74, 6) is 0.486. The van der Waals surface area contributed by atoms with E-state index in [9.17, 15) is 4.79 Å². The number of carbonyl (C=O) groups is 1. The van der Waals surface area contributed by atoms with E-state index in [1.807, 2.05) is 20.8 Å². The molecule has 1 N–H and O–H groups in total. The largest absolute Gasteiger partial charge is 0.488 e. The fourth-order valence-electron chi connectivity index (χ4n) is 2.16. The average molecular weight is 393 g/mol. The topological polar surface area (TPSA) is 47.6 Å². The van der Waals surface area contributed by atoms with Crippen LogP contribution >= 0.6 is 27.5 Å². The predicted octanol–water partition coefficient (Wildman–Crippen LogP) is 4.99. The molecule has 0 aliphatic heterocycles. The van der Waals surface area contributed by atoms with Crippen LogP contribution in [-0.2, 0) is 9.47 Å². The molecule has 0 bridgehead atoms. The van der Waals surface area contributed by atoms with Crippen LogP contribution in [0.15, 0.2) is 34.5 Å². The Morgan fingerprint density at radius 2 is 2.05 bits per heavy atom. The molecule has 2 atom stereocenters. The molecule has 1 saturated carbocycles. The fraction of sp³-hybridized carbons (Fsp3) is 0.562. The molecular weight excluding hydrogens is 370 g/mol. The third-order valence-corrected chi connectivity index (χ3v) is 3.89. The van der Waals surface area contributed by atoms with Crippen molar-refractivity contribution in [2.24, 2.45) is 0 Å². The van der Waals surface area contributed by atoms with Gasteiger partial charge in [-0.3, -0.25) is 0 Å². The highest BCUT2D eigenvalue weighted by Crippen LogP contribution is 2.30. The van der Waals surface area contributed by atoms with Crippen molar-refractivity contribution in [2.45, 2.75) is 57.8 Å². The lowest BCUT2D eigenvalue weighted by atomic mass is 10.2. The van der Waals surface area contributed by atoms with Gasteiger partial charge in [-0.15, -0.1) is 0 Å². The summed E-state index contributed by atoms with van der Waals surface area (Å²) in [6.07, 6.45) is 3.53. The van der Waals surface area contributed by atoms with Crippen molar-refractivity contribution in [2.75, 3.05) is 0 Å². The Labute approximate surface area is 145 Å². The number of nitrogens with one attached hydrogen (secondary N) is 1. The van der Waals surface area contributed by atoms with Gasteiger partial charge in [0.25, 0.3) is 0 Å². The van der Waals surface area contributed by atoms with Crippen LogP contribution < -0.4 is 5.32 Å². The predicted molar refractivity (Wildman–Crippen MR) is 93.0 cm³/mol. The molecule has 1 aliphatic carbocycles. The second-order valence-electron chi connectivity index (χ2n) is 6.18. The number of ether oxygens (including phenoxy) is 2. The van der Waals surface area contributed by atoms with Crippen molar-refractivity contribution in [3.8, 4) is 0 Å². The Morgan fingerprint density at radius 3 is 2.55 bits per heavy atom. The highest BCUT2D eigenvalue weighted by Gasteiger charge is 2.29. The summed E-state index contributed by atoms with van der Waals surface area (Å²) in [6.45, 7) is 12.9. The van der Waals surface area contributed by atoms with Crippen molar-refractivity contribution in [3.63, 3.8) is 0 Å². The molecule has 4 nitrogen and oxygen atoms in total. The molecule has 0 saturated heterocycles. The van der Waals surface area contributed by atoms with E-state index >= 15 is 0 Å². The standard InChI is InChI=1S/C16H23BrClNO3/c1-6-13(17)14(10(2)18)21-12-8-7-11(9-12)19-15(20)22-16(3,4)5/h6,11-12H,1-2,7-9H2,3-5H3,(H,19,20)/b14-13-. The van der Waals surface area contributed by atoms with Crippen LogP contribution in [0, 0.1) is 0 Å². The van der Waals surface area contributed by atoms with Gasteiger partial charge in [-0.1, -0.05) is 30.8 Å². The minimum absolute atomic E-state index is 0.0297. The lowest BCUT2D eigenvalue weighted by Gasteiger charge is -2.22. The number of hydrogen-bond acceptors (Lipinski definition) is 3. The zero-order chi connectivity index (χ0) is 16.9. The van der Waals surface area contributed by atoms with Gasteiger partial charge < -0.3 is 14.8 Å². The Balaban J connectivity index is 2.54. The van der Waals surface area contributed by atoms with Gasteiger partial charge in [0.15, 0.2) is 5.76 Å². The van der Waals surface area contributed by atoms with Gasteiger partial charge in [0.05, 0.1) is 9.51 Å². The minimum Gasteiger partial charge on any atom is -0.488 e. The van der Waals surface area contributed by atoms with Crippen molar-refractivity contribution in [1.82, 2.24) is 5.32 Å². The van der Waals surface area contributed by atoms with Gasteiger partial charge in [-0.25, -0.2) is 4.79 Å². The summed E-state index contributed by atoms with van der Waals surface area (Å²) in [5, 5.41) is 3.18. The second kappa shape index (κ2) is 8.06. The Morgan fingerprint density at radius 1 is 1.41 bits per heavy atom. The summed E-state index contributed by atoms with van der Waals surface area (Å²) in [5.41, 5.74) is -0.500. The minimum atomic E-state index is -0.500. The Kier molecular flexibility index (Phi) is 7.00. The van der Waals surface area contributed by atoms with E-state index < -0.39 is 11.7 Å². The second-order valence-corrected chi connectivity index (χ2v) is 7.49.